The fourth-order valence-corrected chi connectivity index (χ4v) is 3.71. The first-order valence-corrected chi connectivity index (χ1v) is 7.04. The van der Waals surface area contributed by atoms with Crippen LogP contribution in [0.5, 0.6) is 0 Å². The molecular weight excluding hydrogens is 198 g/mol. The number of nitrogens with zero attached hydrogens (tertiary/aromatic N) is 1. The van der Waals surface area contributed by atoms with E-state index < -0.39 is 0 Å². The summed E-state index contributed by atoms with van der Waals surface area (Å²) in [5, 5.41) is 9.45. The SMILES string of the molecule is CC1(C)C(CO)CCN1C1CCCCCC1. The Morgan fingerprint density at radius 3 is 2.19 bits per heavy atom. The van der Waals surface area contributed by atoms with Crippen LogP contribution in [0.15, 0.2) is 0 Å². The topological polar surface area (TPSA) is 23.5 Å². The van der Waals surface area contributed by atoms with Gasteiger partial charge in [-0.05, 0) is 39.7 Å². The van der Waals surface area contributed by atoms with E-state index in [1.54, 1.807) is 0 Å². The van der Waals surface area contributed by atoms with Gasteiger partial charge in [-0.25, -0.2) is 0 Å². The molecule has 1 atom stereocenters. The molecule has 1 aliphatic heterocycles. The summed E-state index contributed by atoms with van der Waals surface area (Å²) in [6, 6.07) is 0.786. The normalized spacial score (nSPS) is 32.8. The molecule has 2 aliphatic rings. The number of hydrogen-bond donors (Lipinski definition) is 1. The van der Waals surface area contributed by atoms with Crippen LogP contribution in [0.3, 0.4) is 0 Å². The lowest BCUT2D eigenvalue weighted by Crippen LogP contribution is -2.48. The van der Waals surface area contributed by atoms with E-state index in [-0.39, 0.29) is 5.54 Å². The van der Waals surface area contributed by atoms with Crippen molar-refractivity contribution < 1.29 is 5.11 Å². The van der Waals surface area contributed by atoms with Crippen LogP contribution < -0.4 is 0 Å². The monoisotopic (exact) mass is 225 g/mol. The van der Waals surface area contributed by atoms with Crippen molar-refractivity contribution in [3.63, 3.8) is 0 Å². The molecule has 94 valence electrons. The highest BCUT2D eigenvalue weighted by Crippen LogP contribution is 2.38. The van der Waals surface area contributed by atoms with Gasteiger partial charge < -0.3 is 5.11 Å². The van der Waals surface area contributed by atoms with Crippen molar-refractivity contribution in [1.82, 2.24) is 4.90 Å². The summed E-state index contributed by atoms with van der Waals surface area (Å²) in [4.78, 5) is 2.69. The zero-order valence-corrected chi connectivity index (χ0v) is 10.9. The third kappa shape index (κ3) is 2.28. The van der Waals surface area contributed by atoms with Gasteiger partial charge in [0.1, 0.15) is 0 Å². The quantitative estimate of drug-likeness (QED) is 0.731. The molecule has 0 amide bonds. The first kappa shape index (κ1) is 12.4. The Balaban J connectivity index is 2.03. The molecular formula is C14H27NO. The van der Waals surface area contributed by atoms with Gasteiger partial charge in [0, 0.05) is 24.1 Å². The van der Waals surface area contributed by atoms with Crippen molar-refractivity contribution in [2.24, 2.45) is 5.92 Å². The third-order valence-corrected chi connectivity index (χ3v) is 4.94. The fraction of sp³-hybridized carbons (Fsp3) is 1.00. The van der Waals surface area contributed by atoms with E-state index in [0.29, 0.717) is 12.5 Å². The third-order valence-electron chi connectivity index (χ3n) is 4.94. The average Bonchev–Trinajstić information content (AvgIpc) is 2.46. The second-order valence-corrected chi connectivity index (χ2v) is 6.16. The van der Waals surface area contributed by atoms with Gasteiger partial charge in [0.15, 0.2) is 0 Å². The smallest absolute Gasteiger partial charge is 0.0477 e. The van der Waals surface area contributed by atoms with Gasteiger partial charge in [0.25, 0.3) is 0 Å². The maximum Gasteiger partial charge on any atom is 0.0477 e. The Bertz CT molecular complexity index is 219. The molecule has 16 heavy (non-hydrogen) atoms. The Labute approximate surface area is 100 Å². The Morgan fingerprint density at radius 2 is 1.69 bits per heavy atom. The van der Waals surface area contributed by atoms with Gasteiger partial charge in [-0.2, -0.15) is 0 Å². The molecule has 1 aliphatic carbocycles. The van der Waals surface area contributed by atoms with Crippen LogP contribution >= 0.6 is 0 Å². The number of aliphatic hydroxyl groups excluding tert-OH is 1. The Hall–Kier alpha value is -0.0800. The van der Waals surface area contributed by atoms with Crippen molar-refractivity contribution in [3.05, 3.63) is 0 Å². The van der Waals surface area contributed by atoms with Gasteiger partial charge in [0.2, 0.25) is 0 Å². The van der Waals surface area contributed by atoms with Crippen LogP contribution in [0, 0.1) is 5.92 Å². The van der Waals surface area contributed by atoms with Crippen molar-refractivity contribution in [3.8, 4) is 0 Å². The van der Waals surface area contributed by atoms with Crippen molar-refractivity contribution >= 4 is 0 Å². The van der Waals surface area contributed by atoms with Crippen molar-refractivity contribution in [2.45, 2.75) is 70.4 Å². The lowest BCUT2D eigenvalue weighted by molar-refractivity contribution is 0.0590. The summed E-state index contributed by atoms with van der Waals surface area (Å²) in [7, 11) is 0. The molecule has 1 N–H and O–H groups in total. The highest BCUT2D eigenvalue weighted by molar-refractivity contribution is 4.98. The lowest BCUT2D eigenvalue weighted by atomic mass is 9.88. The van der Waals surface area contributed by atoms with E-state index in [2.05, 4.69) is 18.7 Å². The van der Waals surface area contributed by atoms with E-state index in [1.165, 1.54) is 51.5 Å². The van der Waals surface area contributed by atoms with Gasteiger partial charge in [-0.3, -0.25) is 4.90 Å². The van der Waals surface area contributed by atoms with Crippen LogP contribution in [0.2, 0.25) is 0 Å². The minimum atomic E-state index is 0.212. The molecule has 0 radical (unpaired) electrons. The van der Waals surface area contributed by atoms with Crippen LogP contribution in [-0.2, 0) is 0 Å². The Kier molecular flexibility index (Phi) is 3.91. The summed E-state index contributed by atoms with van der Waals surface area (Å²) in [5.41, 5.74) is 0.212. The van der Waals surface area contributed by atoms with Gasteiger partial charge in [-0.15, -0.1) is 0 Å². The molecule has 0 aromatic heterocycles. The van der Waals surface area contributed by atoms with Crippen molar-refractivity contribution in [2.75, 3.05) is 13.2 Å². The largest absolute Gasteiger partial charge is 0.396 e. The lowest BCUT2D eigenvalue weighted by Gasteiger charge is -2.40. The van der Waals surface area contributed by atoms with E-state index in [9.17, 15) is 5.11 Å². The number of likely N-dealkylation sites (tertiary alicyclic amines) is 1. The minimum absolute atomic E-state index is 0.212. The first-order chi connectivity index (χ1) is 7.66. The van der Waals surface area contributed by atoms with Gasteiger partial charge in [0.05, 0.1) is 0 Å². The van der Waals surface area contributed by atoms with Crippen LogP contribution in [-0.4, -0.2) is 34.7 Å². The molecule has 0 aromatic rings. The van der Waals surface area contributed by atoms with Crippen molar-refractivity contribution in [1.29, 1.82) is 0 Å². The van der Waals surface area contributed by atoms with Gasteiger partial charge >= 0.3 is 0 Å². The molecule has 2 nitrogen and oxygen atoms in total. The summed E-state index contributed by atoms with van der Waals surface area (Å²) in [6.45, 7) is 6.21. The van der Waals surface area contributed by atoms with Gasteiger partial charge in [-0.1, -0.05) is 25.7 Å². The zero-order chi connectivity index (χ0) is 11.6. The molecule has 1 saturated carbocycles. The zero-order valence-electron chi connectivity index (χ0n) is 10.9. The first-order valence-electron chi connectivity index (χ1n) is 7.04. The molecule has 1 unspecified atom stereocenters. The number of aliphatic hydroxyl groups is 1. The van der Waals surface area contributed by atoms with Crippen LogP contribution in [0.1, 0.15) is 58.8 Å². The summed E-state index contributed by atoms with van der Waals surface area (Å²) < 4.78 is 0. The highest BCUT2D eigenvalue weighted by atomic mass is 16.3. The summed E-state index contributed by atoms with van der Waals surface area (Å²) in [5.74, 6) is 0.482. The van der Waals surface area contributed by atoms with E-state index in [1.807, 2.05) is 0 Å². The number of hydrogen-bond acceptors (Lipinski definition) is 2. The molecule has 0 bridgehead atoms. The molecule has 1 heterocycles. The predicted octanol–water partition coefficient (Wildman–Crippen LogP) is 2.80. The molecule has 2 fully saturated rings. The average molecular weight is 225 g/mol. The van der Waals surface area contributed by atoms with Crippen LogP contribution in [0.25, 0.3) is 0 Å². The minimum Gasteiger partial charge on any atom is -0.396 e. The maximum absolute atomic E-state index is 9.45. The standard InChI is InChI=1S/C14H27NO/c1-14(2)12(11-16)9-10-15(14)13-7-5-3-4-6-8-13/h12-13,16H,3-11H2,1-2H3. The Morgan fingerprint density at radius 1 is 1.06 bits per heavy atom. The molecule has 0 spiro atoms. The van der Waals surface area contributed by atoms with E-state index in [4.69, 9.17) is 0 Å². The maximum atomic E-state index is 9.45. The van der Waals surface area contributed by atoms with E-state index >= 15 is 0 Å². The predicted molar refractivity (Wildman–Crippen MR) is 67.5 cm³/mol. The molecule has 0 aromatic carbocycles. The highest BCUT2D eigenvalue weighted by Gasteiger charge is 2.43. The fourth-order valence-electron chi connectivity index (χ4n) is 3.71. The molecule has 2 heteroatoms. The van der Waals surface area contributed by atoms with Crippen LogP contribution in [0.4, 0.5) is 0 Å². The van der Waals surface area contributed by atoms with E-state index in [0.717, 1.165) is 6.04 Å². The number of rotatable bonds is 2. The summed E-state index contributed by atoms with van der Waals surface area (Å²) >= 11 is 0. The second-order valence-electron chi connectivity index (χ2n) is 6.16. The summed E-state index contributed by atoms with van der Waals surface area (Å²) in [6.07, 6.45) is 9.59. The molecule has 1 saturated heterocycles. The molecule has 2 rings (SSSR count). The second kappa shape index (κ2) is 5.05.